The molecule has 36 heavy (non-hydrogen) atoms. The van der Waals surface area contributed by atoms with Gasteiger partial charge in [-0.15, -0.1) is 0 Å². The maximum absolute atomic E-state index is 14.2. The van der Waals surface area contributed by atoms with Gasteiger partial charge in [0.2, 0.25) is 5.91 Å². The van der Waals surface area contributed by atoms with Crippen LogP contribution in [0.3, 0.4) is 0 Å². The van der Waals surface area contributed by atoms with E-state index in [1.165, 1.54) is 12.1 Å². The number of amides is 2. The minimum atomic E-state index is -0.682. The van der Waals surface area contributed by atoms with Crippen LogP contribution in [0.5, 0.6) is 5.75 Å². The number of benzene rings is 3. The van der Waals surface area contributed by atoms with Crippen LogP contribution in [0.25, 0.3) is 0 Å². The Kier molecular flexibility index (Phi) is 8.04. The van der Waals surface area contributed by atoms with Crippen LogP contribution in [0.2, 0.25) is 0 Å². The largest absolute Gasteiger partial charge is 0.481 e. The lowest BCUT2D eigenvalue weighted by atomic mass is 9.87. The fourth-order valence-corrected chi connectivity index (χ4v) is 4.67. The number of carbonyl (C=O) groups is 2. The lowest BCUT2D eigenvalue weighted by molar-refractivity contribution is -0.134. The zero-order valence-electron chi connectivity index (χ0n) is 21.0. The molecule has 0 saturated heterocycles. The molecule has 0 spiro atoms. The number of ether oxygens (including phenoxy) is 1. The zero-order valence-corrected chi connectivity index (χ0v) is 21.0. The molecule has 0 aliphatic carbocycles. The summed E-state index contributed by atoms with van der Waals surface area (Å²) < 4.78 is 20.4. The van der Waals surface area contributed by atoms with E-state index in [0.717, 1.165) is 16.7 Å². The number of halogens is 1. The summed E-state index contributed by atoms with van der Waals surface area (Å²) in [5, 5.41) is 2.90. The van der Waals surface area contributed by atoms with Gasteiger partial charge in [-0.1, -0.05) is 57.2 Å². The average molecular weight is 489 g/mol. The van der Waals surface area contributed by atoms with Crippen LogP contribution >= 0.6 is 0 Å². The van der Waals surface area contributed by atoms with Crippen molar-refractivity contribution in [3.05, 3.63) is 95.3 Å². The van der Waals surface area contributed by atoms with Gasteiger partial charge in [0, 0.05) is 18.7 Å². The lowest BCUT2D eigenvalue weighted by Crippen LogP contribution is -2.41. The highest BCUT2D eigenvalue weighted by Gasteiger charge is 2.33. The summed E-state index contributed by atoms with van der Waals surface area (Å²) in [4.78, 5) is 27.9. The molecule has 0 bridgehead atoms. The maximum Gasteiger partial charge on any atom is 0.265 e. The second-order valence-electron chi connectivity index (χ2n) is 9.62. The van der Waals surface area contributed by atoms with Crippen LogP contribution in [0.15, 0.2) is 72.8 Å². The SMILES string of the molecule is CC[C@H](Oc1ccc2c(c1)[C@H](c1cccc(F)c1)N(C(=O)CC(C)C)CC2)C(=O)Nc1ccccc1. The van der Waals surface area contributed by atoms with Crippen LogP contribution in [-0.2, 0) is 16.0 Å². The molecule has 3 aromatic rings. The Balaban J connectivity index is 1.64. The van der Waals surface area contributed by atoms with Gasteiger partial charge < -0.3 is 15.0 Å². The smallest absolute Gasteiger partial charge is 0.265 e. The van der Waals surface area contributed by atoms with Crippen molar-refractivity contribution in [2.45, 2.75) is 52.2 Å². The van der Waals surface area contributed by atoms with Crippen LogP contribution in [-0.4, -0.2) is 29.4 Å². The Morgan fingerprint density at radius 3 is 2.53 bits per heavy atom. The summed E-state index contributed by atoms with van der Waals surface area (Å²) >= 11 is 0. The van der Waals surface area contributed by atoms with Gasteiger partial charge in [0.05, 0.1) is 6.04 Å². The number of anilines is 1. The van der Waals surface area contributed by atoms with E-state index in [-0.39, 0.29) is 23.5 Å². The highest BCUT2D eigenvalue weighted by molar-refractivity contribution is 5.94. The third-order valence-electron chi connectivity index (χ3n) is 6.40. The number of carbonyl (C=O) groups excluding carboxylic acids is 2. The molecule has 0 fully saturated rings. The fraction of sp³-hybridized carbons (Fsp3) is 0.333. The average Bonchev–Trinajstić information content (AvgIpc) is 2.86. The molecule has 4 rings (SSSR count). The third-order valence-corrected chi connectivity index (χ3v) is 6.40. The number of rotatable bonds is 8. The molecule has 1 N–H and O–H groups in total. The maximum atomic E-state index is 14.2. The summed E-state index contributed by atoms with van der Waals surface area (Å²) in [5.41, 5.74) is 3.42. The molecule has 0 saturated carbocycles. The molecule has 0 radical (unpaired) electrons. The molecule has 0 aromatic heterocycles. The van der Waals surface area contributed by atoms with Crippen molar-refractivity contribution in [1.82, 2.24) is 4.90 Å². The van der Waals surface area contributed by atoms with Gasteiger partial charge in [-0.05, 0) is 71.8 Å². The molecule has 6 heteroatoms. The molecular weight excluding hydrogens is 455 g/mol. The van der Waals surface area contributed by atoms with Crippen molar-refractivity contribution in [2.24, 2.45) is 5.92 Å². The van der Waals surface area contributed by atoms with E-state index >= 15 is 0 Å². The van der Waals surface area contributed by atoms with E-state index in [1.54, 1.807) is 6.07 Å². The molecule has 0 unspecified atom stereocenters. The number of fused-ring (bicyclic) bond motifs is 1. The van der Waals surface area contributed by atoms with E-state index in [9.17, 15) is 14.0 Å². The number of hydrogen-bond acceptors (Lipinski definition) is 3. The summed E-state index contributed by atoms with van der Waals surface area (Å²) in [7, 11) is 0. The van der Waals surface area contributed by atoms with Gasteiger partial charge in [-0.3, -0.25) is 9.59 Å². The number of nitrogens with zero attached hydrogens (tertiary/aromatic N) is 1. The van der Waals surface area contributed by atoms with E-state index < -0.39 is 12.1 Å². The summed E-state index contributed by atoms with van der Waals surface area (Å²) in [6, 6.07) is 21.0. The topological polar surface area (TPSA) is 58.6 Å². The molecule has 1 aliphatic rings. The molecule has 1 heterocycles. The van der Waals surface area contributed by atoms with Gasteiger partial charge in [-0.25, -0.2) is 4.39 Å². The Morgan fingerprint density at radius 2 is 1.83 bits per heavy atom. The van der Waals surface area contributed by atoms with Crippen molar-refractivity contribution in [1.29, 1.82) is 0 Å². The van der Waals surface area contributed by atoms with Crippen molar-refractivity contribution < 1.29 is 18.7 Å². The molecular formula is C30H33FN2O3. The van der Waals surface area contributed by atoms with E-state index in [0.29, 0.717) is 37.2 Å². The second-order valence-corrected chi connectivity index (χ2v) is 9.62. The first kappa shape index (κ1) is 25.4. The Morgan fingerprint density at radius 1 is 1.06 bits per heavy atom. The van der Waals surface area contributed by atoms with Gasteiger partial charge in [-0.2, -0.15) is 0 Å². The molecule has 2 amide bonds. The molecule has 3 aromatic carbocycles. The van der Waals surface area contributed by atoms with Gasteiger partial charge in [0.25, 0.3) is 5.91 Å². The summed E-state index contributed by atoms with van der Waals surface area (Å²) in [5.74, 6) is 0.243. The Bertz CT molecular complexity index is 1210. The fourth-order valence-electron chi connectivity index (χ4n) is 4.67. The third kappa shape index (κ3) is 5.93. The molecule has 1 aliphatic heterocycles. The molecule has 5 nitrogen and oxygen atoms in total. The normalized spacial score (nSPS) is 15.8. The number of nitrogens with one attached hydrogen (secondary N) is 1. The predicted octanol–water partition coefficient (Wildman–Crippen LogP) is 6.14. The number of para-hydroxylation sites is 1. The van der Waals surface area contributed by atoms with Crippen LogP contribution in [0.4, 0.5) is 10.1 Å². The monoisotopic (exact) mass is 488 g/mol. The van der Waals surface area contributed by atoms with Gasteiger partial charge >= 0.3 is 0 Å². The van der Waals surface area contributed by atoms with Crippen molar-refractivity contribution >= 4 is 17.5 Å². The Hall–Kier alpha value is -3.67. The van der Waals surface area contributed by atoms with Crippen LogP contribution in [0.1, 0.15) is 56.3 Å². The van der Waals surface area contributed by atoms with Crippen molar-refractivity contribution in [2.75, 3.05) is 11.9 Å². The Labute approximate surface area is 212 Å². The first-order valence-corrected chi connectivity index (χ1v) is 12.6. The quantitative estimate of drug-likeness (QED) is 0.414. The standard InChI is InChI=1S/C30H33FN2O3/c1-4-27(30(35)32-24-11-6-5-7-12-24)36-25-14-13-21-15-16-33(28(34)17-20(2)3)29(26(21)19-25)22-9-8-10-23(31)18-22/h5-14,18-20,27,29H,4,15-17H2,1-3H3,(H,32,35)/t27-,29-/m0/s1. The second kappa shape index (κ2) is 11.4. The van der Waals surface area contributed by atoms with E-state index in [2.05, 4.69) is 5.32 Å². The summed E-state index contributed by atoms with van der Waals surface area (Å²) in [6.45, 7) is 6.50. The summed E-state index contributed by atoms with van der Waals surface area (Å²) in [6.07, 6.45) is 0.937. The first-order chi connectivity index (χ1) is 17.4. The lowest BCUT2D eigenvalue weighted by Gasteiger charge is -2.38. The van der Waals surface area contributed by atoms with Gasteiger partial charge in [0.15, 0.2) is 6.10 Å². The highest BCUT2D eigenvalue weighted by atomic mass is 19.1. The van der Waals surface area contributed by atoms with Crippen molar-refractivity contribution in [3.63, 3.8) is 0 Å². The predicted molar refractivity (Wildman–Crippen MR) is 139 cm³/mol. The van der Waals surface area contributed by atoms with Crippen LogP contribution in [0, 0.1) is 11.7 Å². The van der Waals surface area contributed by atoms with Crippen molar-refractivity contribution in [3.8, 4) is 5.75 Å². The van der Waals surface area contributed by atoms with E-state index in [1.807, 2.05) is 80.3 Å². The van der Waals surface area contributed by atoms with Crippen LogP contribution < -0.4 is 10.1 Å². The first-order valence-electron chi connectivity index (χ1n) is 12.6. The highest BCUT2D eigenvalue weighted by Crippen LogP contribution is 2.38. The minimum absolute atomic E-state index is 0.0462. The number of hydrogen-bond donors (Lipinski definition) is 1. The van der Waals surface area contributed by atoms with Gasteiger partial charge in [0.1, 0.15) is 11.6 Å². The van der Waals surface area contributed by atoms with E-state index in [4.69, 9.17) is 4.74 Å². The molecule has 2 atom stereocenters. The zero-order chi connectivity index (χ0) is 25.7. The minimum Gasteiger partial charge on any atom is -0.481 e. The molecule has 188 valence electrons.